The highest BCUT2D eigenvalue weighted by Crippen LogP contribution is 2.33. The van der Waals surface area contributed by atoms with Gasteiger partial charge in [0.25, 0.3) is 0 Å². The Morgan fingerprint density at radius 1 is 1.33 bits per heavy atom. The van der Waals surface area contributed by atoms with Gasteiger partial charge in [-0.25, -0.2) is 0 Å². The summed E-state index contributed by atoms with van der Waals surface area (Å²) in [5, 5.41) is 4.40. The lowest BCUT2D eigenvalue weighted by molar-refractivity contribution is 0.111. The van der Waals surface area contributed by atoms with E-state index < -0.39 is 0 Å². The molecule has 2 nitrogen and oxygen atoms in total. The molecule has 1 aliphatic carbocycles. The maximum atomic E-state index is 6.23. The predicted molar refractivity (Wildman–Crippen MR) is 79.9 cm³/mol. The van der Waals surface area contributed by atoms with Crippen LogP contribution in [0.1, 0.15) is 51.1 Å². The maximum absolute atomic E-state index is 6.23. The summed E-state index contributed by atoms with van der Waals surface area (Å²) >= 11 is 1.77. The first-order valence-corrected chi connectivity index (χ1v) is 8.03. The molecule has 1 heterocycles. The van der Waals surface area contributed by atoms with Crippen molar-refractivity contribution in [1.29, 1.82) is 0 Å². The minimum absolute atomic E-state index is 0.184. The molecule has 2 N–H and O–H groups in total. The molecule has 0 amide bonds. The van der Waals surface area contributed by atoms with E-state index in [4.69, 9.17) is 5.73 Å². The van der Waals surface area contributed by atoms with Crippen molar-refractivity contribution >= 4 is 11.3 Å². The van der Waals surface area contributed by atoms with Crippen molar-refractivity contribution in [1.82, 2.24) is 4.90 Å². The topological polar surface area (TPSA) is 29.3 Å². The van der Waals surface area contributed by atoms with Crippen LogP contribution in [0.5, 0.6) is 0 Å². The molecule has 0 radical (unpaired) electrons. The molecule has 3 heteroatoms. The Kier molecular flexibility index (Phi) is 4.82. The van der Waals surface area contributed by atoms with Crippen LogP contribution in [0, 0.1) is 5.92 Å². The molecule has 1 aliphatic rings. The second-order valence-corrected chi connectivity index (χ2v) is 6.72. The molecule has 1 aromatic heterocycles. The molecule has 102 valence electrons. The standard InChI is InChI=1S/C15H26N2S/c1-11-4-6-14(7-5-11)17(3)15(12(2)16)13-8-9-18-10-13/h8-12,14-15H,4-7,16H2,1-3H3. The van der Waals surface area contributed by atoms with Crippen LogP contribution in [0.25, 0.3) is 0 Å². The number of hydrogen-bond donors (Lipinski definition) is 1. The number of nitrogens with zero attached hydrogens (tertiary/aromatic N) is 1. The Morgan fingerprint density at radius 2 is 2.00 bits per heavy atom. The summed E-state index contributed by atoms with van der Waals surface area (Å²) in [6.45, 7) is 4.50. The highest BCUT2D eigenvalue weighted by atomic mass is 32.1. The van der Waals surface area contributed by atoms with Crippen LogP contribution in [0.2, 0.25) is 0 Å². The number of thiophene rings is 1. The van der Waals surface area contributed by atoms with Crippen molar-refractivity contribution in [3.8, 4) is 0 Å². The fraction of sp³-hybridized carbons (Fsp3) is 0.733. The van der Waals surface area contributed by atoms with Crippen LogP contribution in [0.4, 0.5) is 0 Å². The third-order valence-electron chi connectivity index (χ3n) is 4.38. The molecular weight excluding hydrogens is 240 g/mol. The molecule has 1 fully saturated rings. The van der Waals surface area contributed by atoms with Gasteiger partial charge in [-0.1, -0.05) is 6.92 Å². The Balaban J connectivity index is 2.07. The molecule has 1 aromatic rings. The van der Waals surface area contributed by atoms with Gasteiger partial charge >= 0.3 is 0 Å². The third-order valence-corrected chi connectivity index (χ3v) is 5.08. The zero-order valence-corrected chi connectivity index (χ0v) is 12.6. The van der Waals surface area contributed by atoms with Crippen LogP contribution < -0.4 is 5.73 Å². The average molecular weight is 266 g/mol. The summed E-state index contributed by atoms with van der Waals surface area (Å²) < 4.78 is 0. The first-order valence-electron chi connectivity index (χ1n) is 7.09. The second-order valence-electron chi connectivity index (χ2n) is 5.94. The highest BCUT2D eigenvalue weighted by molar-refractivity contribution is 7.07. The smallest absolute Gasteiger partial charge is 0.0504 e. The van der Waals surface area contributed by atoms with Gasteiger partial charge in [-0.05, 0) is 68.0 Å². The highest BCUT2D eigenvalue weighted by Gasteiger charge is 2.29. The molecule has 0 spiro atoms. The average Bonchev–Trinajstić information content (AvgIpc) is 2.83. The fourth-order valence-electron chi connectivity index (χ4n) is 3.23. The Labute approximate surface area is 115 Å². The van der Waals surface area contributed by atoms with E-state index in [0.29, 0.717) is 12.1 Å². The summed E-state index contributed by atoms with van der Waals surface area (Å²) in [7, 11) is 2.26. The normalized spacial score (nSPS) is 28.3. The van der Waals surface area contributed by atoms with Crippen molar-refractivity contribution in [2.45, 2.75) is 57.7 Å². The summed E-state index contributed by atoms with van der Waals surface area (Å²) in [6, 6.07) is 3.48. The molecule has 2 rings (SSSR count). The van der Waals surface area contributed by atoms with Crippen LogP contribution in [-0.4, -0.2) is 24.0 Å². The van der Waals surface area contributed by atoms with E-state index in [9.17, 15) is 0 Å². The lowest BCUT2D eigenvalue weighted by Gasteiger charge is -2.40. The van der Waals surface area contributed by atoms with Crippen molar-refractivity contribution in [2.24, 2.45) is 11.7 Å². The van der Waals surface area contributed by atoms with Gasteiger partial charge in [0.1, 0.15) is 0 Å². The van der Waals surface area contributed by atoms with Crippen LogP contribution in [0.3, 0.4) is 0 Å². The summed E-state index contributed by atoms with van der Waals surface area (Å²) in [5.41, 5.74) is 7.61. The summed E-state index contributed by atoms with van der Waals surface area (Å²) in [6.07, 6.45) is 5.38. The van der Waals surface area contributed by atoms with Crippen molar-refractivity contribution in [3.63, 3.8) is 0 Å². The van der Waals surface area contributed by atoms with E-state index in [0.717, 1.165) is 5.92 Å². The lowest BCUT2D eigenvalue weighted by Crippen LogP contribution is -2.44. The van der Waals surface area contributed by atoms with Crippen LogP contribution >= 0.6 is 11.3 Å². The Bertz CT molecular complexity index is 339. The number of rotatable bonds is 4. The number of likely N-dealkylation sites (N-methyl/N-ethyl adjacent to an activating group) is 1. The molecule has 18 heavy (non-hydrogen) atoms. The predicted octanol–water partition coefficient (Wildman–Crippen LogP) is 3.65. The largest absolute Gasteiger partial charge is 0.326 e. The van der Waals surface area contributed by atoms with Crippen molar-refractivity contribution in [3.05, 3.63) is 22.4 Å². The number of nitrogens with two attached hydrogens (primary N) is 1. The summed E-state index contributed by atoms with van der Waals surface area (Å²) in [4.78, 5) is 2.53. The van der Waals surface area contributed by atoms with Gasteiger partial charge in [0, 0.05) is 12.1 Å². The minimum atomic E-state index is 0.184. The first kappa shape index (κ1) is 14.0. The summed E-state index contributed by atoms with van der Waals surface area (Å²) in [5.74, 6) is 0.907. The van der Waals surface area contributed by atoms with Gasteiger partial charge in [-0.3, -0.25) is 4.90 Å². The molecular formula is C15H26N2S. The SMILES string of the molecule is CC1CCC(N(C)C(c2ccsc2)C(C)N)CC1. The van der Waals surface area contributed by atoms with Crippen LogP contribution in [0.15, 0.2) is 16.8 Å². The third kappa shape index (κ3) is 3.14. The molecule has 0 saturated heterocycles. The molecule has 2 atom stereocenters. The van der Waals surface area contributed by atoms with E-state index in [1.165, 1.54) is 31.2 Å². The van der Waals surface area contributed by atoms with Gasteiger partial charge < -0.3 is 5.73 Å². The van der Waals surface area contributed by atoms with Crippen LogP contribution in [-0.2, 0) is 0 Å². The van der Waals surface area contributed by atoms with E-state index in [1.807, 2.05) is 0 Å². The van der Waals surface area contributed by atoms with Crippen molar-refractivity contribution < 1.29 is 0 Å². The lowest BCUT2D eigenvalue weighted by atomic mass is 9.85. The second kappa shape index (κ2) is 6.18. The van der Waals surface area contributed by atoms with Gasteiger partial charge in [0.2, 0.25) is 0 Å². The minimum Gasteiger partial charge on any atom is -0.326 e. The monoisotopic (exact) mass is 266 g/mol. The molecule has 0 aliphatic heterocycles. The fourth-order valence-corrected chi connectivity index (χ4v) is 3.92. The molecule has 1 saturated carbocycles. The van der Waals surface area contributed by atoms with Gasteiger partial charge in [0.05, 0.1) is 6.04 Å². The van der Waals surface area contributed by atoms with Crippen molar-refractivity contribution in [2.75, 3.05) is 7.05 Å². The van der Waals surface area contributed by atoms with Gasteiger partial charge in [0.15, 0.2) is 0 Å². The first-order chi connectivity index (χ1) is 8.59. The zero-order valence-electron chi connectivity index (χ0n) is 11.8. The van der Waals surface area contributed by atoms with E-state index in [2.05, 4.69) is 42.6 Å². The quantitative estimate of drug-likeness (QED) is 0.901. The molecule has 0 aromatic carbocycles. The zero-order chi connectivity index (χ0) is 13.1. The maximum Gasteiger partial charge on any atom is 0.0504 e. The van der Waals surface area contributed by atoms with E-state index in [1.54, 1.807) is 11.3 Å². The molecule has 0 bridgehead atoms. The number of hydrogen-bond acceptors (Lipinski definition) is 3. The van der Waals surface area contributed by atoms with E-state index >= 15 is 0 Å². The molecule has 2 unspecified atom stereocenters. The Morgan fingerprint density at radius 3 is 2.50 bits per heavy atom. The van der Waals surface area contributed by atoms with Gasteiger partial charge in [-0.2, -0.15) is 11.3 Å². The van der Waals surface area contributed by atoms with Gasteiger partial charge in [-0.15, -0.1) is 0 Å². The van der Waals surface area contributed by atoms with E-state index in [-0.39, 0.29) is 6.04 Å². The Hall–Kier alpha value is -0.380.